The molecule has 1 rings (SSSR count). The predicted molar refractivity (Wildman–Crippen MR) is 69.8 cm³/mol. The molecular weight excluding hydrogens is 220 g/mol. The van der Waals surface area contributed by atoms with Crippen molar-refractivity contribution >= 4 is 16.7 Å². The molecule has 0 saturated carbocycles. The Bertz CT molecular complexity index is 298. The van der Waals surface area contributed by atoms with E-state index in [4.69, 9.17) is 5.73 Å². The van der Waals surface area contributed by atoms with Crippen molar-refractivity contribution in [2.45, 2.75) is 46.1 Å². The first-order chi connectivity index (χ1) is 7.67. The monoisotopic (exact) mass is 242 g/mol. The fourth-order valence-corrected chi connectivity index (χ4v) is 2.22. The van der Waals surface area contributed by atoms with Gasteiger partial charge in [0.15, 0.2) is 0 Å². The van der Waals surface area contributed by atoms with Crippen molar-refractivity contribution in [1.29, 1.82) is 0 Å². The summed E-state index contributed by atoms with van der Waals surface area (Å²) in [5.74, 6) is 1.51. The topological polar surface area (TPSA) is 63.8 Å². The van der Waals surface area contributed by atoms with Crippen LogP contribution in [0.15, 0.2) is 0 Å². The van der Waals surface area contributed by atoms with Crippen molar-refractivity contribution in [3.63, 3.8) is 0 Å². The van der Waals surface area contributed by atoms with Gasteiger partial charge < -0.3 is 11.1 Å². The number of aromatic nitrogens is 2. The van der Waals surface area contributed by atoms with Gasteiger partial charge in [-0.15, -0.1) is 0 Å². The maximum atomic E-state index is 5.60. The Morgan fingerprint density at radius 1 is 1.44 bits per heavy atom. The van der Waals surface area contributed by atoms with Crippen LogP contribution in [0.1, 0.15) is 39.4 Å². The second-order valence-electron chi connectivity index (χ2n) is 4.34. The minimum absolute atomic E-state index is 0.396. The SMILES string of the molecule is CCCc1nsc(NC(CCN)C(C)C)n1. The van der Waals surface area contributed by atoms with Gasteiger partial charge in [0.2, 0.25) is 5.13 Å². The molecule has 92 valence electrons. The highest BCUT2D eigenvalue weighted by Gasteiger charge is 2.14. The molecule has 0 amide bonds. The Morgan fingerprint density at radius 2 is 2.19 bits per heavy atom. The third-order valence-corrected chi connectivity index (χ3v) is 3.22. The van der Waals surface area contributed by atoms with E-state index in [9.17, 15) is 0 Å². The van der Waals surface area contributed by atoms with E-state index in [0.29, 0.717) is 18.5 Å². The molecule has 0 aliphatic heterocycles. The van der Waals surface area contributed by atoms with Crippen molar-refractivity contribution in [3.05, 3.63) is 5.82 Å². The summed E-state index contributed by atoms with van der Waals surface area (Å²) in [5, 5.41) is 4.35. The zero-order valence-corrected chi connectivity index (χ0v) is 11.2. The smallest absolute Gasteiger partial charge is 0.202 e. The van der Waals surface area contributed by atoms with E-state index in [1.165, 1.54) is 11.5 Å². The molecule has 0 radical (unpaired) electrons. The molecule has 1 aromatic heterocycles. The third-order valence-electron chi connectivity index (χ3n) is 2.53. The third kappa shape index (κ3) is 4.06. The summed E-state index contributed by atoms with van der Waals surface area (Å²) in [6, 6.07) is 0.396. The summed E-state index contributed by atoms with van der Waals surface area (Å²) < 4.78 is 4.32. The molecular formula is C11H22N4S. The van der Waals surface area contributed by atoms with Crippen molar-refractivity contribution in [2.24, 2.45) is 11.7 Å². The lowest BCUT2D eigenvalue weighted by molar-refractivity contribution is 0.498. The van der Waals surface area contributed by atoms with Crippen LogP contribution in [-0.2, 0) is 6.42 Å². The van der Waals surface area contributed by atoms with E-state index < -0.39 is 0 Å². The molecule has 0 aliphatic carbocycles. The van der Waals surface area contributed by atoms with Crippen molar-refractivity contribution in [1.82, 2.24) is 9.36 Å². The minimum atomic E-state index is 0.396. The molecule has 0 aromatic carbocycles. The zero-order chi connectivity index (χ0) is 12.0. The molecule has 1 atom stereocenters. The van der Waals surface area contributed by atoms with Crippen LogP contribution in [0.3, 0.4) is 0 Å². The van der Waals surface area contributed by atoms with Crippen LogP contribution in [0.4, 0.5) is 5.13 Å². The van der Waals surface area contributed by atoms with Crippen LogP contribution in [0.2, 0.25) is 0 Å². The number of nitrogens with one attached hydrogen (secondary N) is 1. The fraction of sp³-hybridized carbons (Fsp3) is 0.818. The molecule has 0 saturated heterocycles. The molecule has 3 N–H and O–H groups in total. The van der Waals surface area contributed by atoms with Crippen molar-refractivity contribution < 1.29 is 0 Å². The van der Waals surface area contributed by atoms with Gasteiger partial charge >= 0.3 is 0 Å². The van der Waals surface area contributed by atoms with E-state index in [0.717, 1.165) is 30.2 Å². The fourth-order valence-electron chi connectivity index (χ4n) is 1.55. The molecule has 4 nitrogen and oxygen atoms in total. The molecule has 16 heavy (non-hydrogen) atoms. The van der Waals surface area contributed by atoms with Crippen LogP contribution >= 0.6 is 11.5 Å². The molecule has 1 unspecified atom stereocenters. The largest absolute Gasteiger partial charge is 0.357 e. The normalized spacial score (nSPS) is 13.1. The van der Waals surface area contributed by atoms with Crippen LogP contribution in [0.25, 0.3) is 0 Å². The average molecular weight is 242 g/mol. The maximum absolute atomic E-state index is 5.60. The van der Waals surface area contributed by atoms with Gasteiger partial charge in [-0.2, -0.15) is 4.37 Å². The van der Waals surface area contributed by atoms with Gasteiger partial charge in [-0.25, -0.2) is 4.98 Å². The number of anilines is 1. The molecule has 1 aromatic rings. The first kappa shape index (κ1) is 13.4. The second kappa shape index (κ2) is 6.81. The molecule has 5 heteroatoms. The number of rotatable bonds is 7. The standard InChI is InChI=1S/C11H22N4S/c1-4-5-10-14-11(16-15-10)13-9(6-7-12)8(2)3/h8-9H,4-7,12H2,1-3H3,(H,13,14,15). The Hall–Kier alpha value is -0.680. The van der Waals surface area contributed by atoms with Gasteiger partial charge in [0.1, 0.15) is 5.82 Å². The van der Waals surface area contributed by atoms with E-state index in [2.05, 4.69) is 35.4 Å². The molecule has 0 fully saturated rings. The first-order valence-corrected chi connectivity index (χ1v) is 6.73. The summed E-state index contributed by atoms with van der Waals surface area (Å²) in [6.07, 6.45) is 3.02. The van der Waals surface area contributed by atoms with Gasteiger partial charge in [-0.3, -0.25) is 0 Å². The molecule has 0 bridgehead atoms. The Morgan fingerprint density at radius 3 is 2.75 bits per heavy atom. The Balaban J connectivity index is 2.55. The van der Waals surface area contributed by atoms with E-state index in [1.807, 2.05) is 0 Å². The quantitative estimate of drug-likeness (QED) is 0.770. The number of nitrogens with two attached hydrogens (primary N) is 1. The lowest BCUT2D eigenvalue weighted by Crippen LogP contribution is -2.28. The van der Waals surface area contributed by atoms with Gasteiger partial charge in [0.05, 0.1) is 0 Å². The maximum Gasteiger partial charge on any atom is 0.202 e. The molecule has 0 aliphatic rings. The number of aryl methyl sites for hydroxylation is 1. The van der Waals surface area contributed by atoms with Gasteiger partial charge in [0, 0.05) is 24.0 Å². The Labute approximate surface area is 102 Å². The first-order valence-electron chi connectivity index (χ1n) is 5.96. The summed E-state index contributed by atoms with van der Waals surface area (Å²) in [4.78, 5) is 4.46. The average Bonchev–Trinajstić information content (AvgIpc) is 2.65. The molecule has 0 spiro atoms. The lowest BCUT2D eigenvalue weighted by atomic mass is 10.0. The van der Waals surface area contributed by atoms with Crippen LogP contribution in [-0.4, -0.2) is 21.9 Å². The summed E-state index contributed by atoms with van der Waals surface area (Å²) in [7, 11) is 0. The van der Waals surface area contributed by atoms with Gasteiger partial charge in [0.25, 0.3) is 0 Å². The highest BCUT2D eigenvalue weighted by Crippen LogP contribution is 2.17. The zero-order valence-electron chi connectivity index (χ0n) is 10.4. The highest BCUT2D eigenvalue weighted by atomic mass is 32.1. The van der Waals surface area contributed by atoms with E-state index in [-0.39, 0.29) is 0 Å². The minimum Gasteiger partial charge on any atom is -0.357 e. The number of hydrogen-bond donors (Lipinski definition) is 2. The summed E-state index contributed by atoms with van der Waals surface area (Å²) in [5.41, 5.74) is 5.60. The number of hydrogen-bond acceptors (Lipinski definition) is 5. The van der Waals surface area contributed by atoms with Crippen LogP contribution in [0.5, 0.6) is 0 Å². The van der Waals surface area contributed by atoms with Gasteiger partial charge in [-0.05, 0) is 25.3 Å². The second-order valence-corrected chi connectivity index (χ2v) is 5.09. The highest BCUT2D eigenvalue weighted by molar-refractivity contribution is 7.09. The van der Waals surface area contributed by atoms with Crippen LogP contribution < -0.4 is 11.1 Å². The van der Waals surface area contributed by atoms with Crippen molar-refractivity contribution in [2.75, 3.05) is 11.9 Å². The number of nitrogens with zero attached hydrogens (tertiary/aromatic N) is 2. The van der Waals surface area contributed by atoms with Crippen molar-refractivity contribution in [3.8, 4) is 0 Å². The predicted octanol–water partition coefficient (Wildman–Crippen LogP) is 2.28. The lowest BCUT2D eigenvalue weighted by Gasteiger charge is -2.20. The van der Waals surface area contributed by atoms with Crippen LogP contribution in [0, 0.1) is 5.92 Å². The van der Waals surface area contributed by atoms with E-state index in [1.54, 1.807) is 0 Å². The van der Waals surface area contributed by atoms with E-state index >= 15 is 0 Å². The molecule has 1 heterocycles. The van der Waals surface area contributed by atoms with Gasteiger partial charge in [-0.1, -0.05) is 20.8 Å². The summed E-state index contributed by atoms with van der Waals surface area (Å²) >= 11 is 1.45. The summed E-state index contributed by atoms with van der Waals surface area (Å²) in [6.45, 7) is 7.23. The Kier molecular flexibility index (Phi) is 5.69.